The molecule has 1 N–H and O–H groups in total. The highest BCUT2D eigenvalue weighted by atomic mass is 19.1. The van der Waals surface area contributed by atoms with Gasteiger partial charge in [-0.05, 0) is 24.1 Å². The average molecular weight is 180 g/mol. The highest BCUT2D eigenvalue weighted by Crippen LogP contribution is 2.23. The minimum absolute atomic E-state index is 0.0614. The maximum absolute atomic E-state index is 13.1. The van der Waals surface area contributed by atoms with E-state index in [1.807, 2.05) is 0 Å². The van der Waals surface area contributed by atoms with Gasteiger partial charge < -0.3 is 9.52 Å². The summed E-state index contributed by atoms with van der Waals surface area (Å²) in [5, 5.41) is 9.51. The molecule has 0 spiro atoms. The summed E-state index contributed by atoms with van der Waals surface area (Å²) in [6.45, 7) is 0.0614. The summed E-state index contributed by atoms with van der Waals surface area (Å²) >= 11 is 0. The molecule has 0 amide bonds. The van der Waals surface area contributed by atoms with Gasteiger partial charge in [0.2, 0.25) is 0 Å². The fourth-order valence-electron chi connectivity index (χ4n) is 1.42. The van der Waals surface area contributed by atoms with Crippen LogP contribution in [-0.2, 0) is 6.42 Å². The van der Waals surface area contributed by atoms with Crippen molar-refractivity contribution in [3.8, 4) is 0 Å². The van der Waals surface area contributed by atoms with Crippen LogP contribution in [0.2, 0.25) is 0 Å². The Morgan fingerprint density at radius 3 is 2.92 bits per heavy atom. The summed E-state index contributed by atoms with van der Waals surface area (Å²) in [7, 11) is 0. The molecule has 0 saturated heterocycles. The quantitative estimate of drug-likeness (QED) is 0.767. The van der Waals surface area contributed by atoms with Crippen LogP contribution in [0.4, 0.5) is 4.39 Å². The van der Waals surface area contributed by atoms with E-state index in [1.54, 1.807) is 12.1 Å². The fraction of sp³-hybridized carbons (Fsp3) is 0.200. The second-order valence-corrected chi connectivity index (χ2v) is 2.84. The van der Waals surface area contributed by atoms with Crippen LogP contribution in [0, 0.1) is 5.82 Å². The number of benzene rings is 1. The van der Waals surface area contributed by atoms with Gasteiger partial charge in [-0.1, -0.05) is 6.07 Å². The summed E-state index contributed by atoms with van der Waals surface area (Å²) in [6, 6.07) is 4.74. The molecular formula is C10H9FO2. The van der Waals surface area contributed by atoms with Crippen molar-refractivity contribution in [1.82, 2.24) is 0 Å². The van der Waals surface area contributed by atoms with Crippen molar-refractivity contribution in [3.63, 3.8) is 0 Å². The van der Waals surface area contributed by atoms with Gasteiger partial charge in [-0.25, -0.2) is 4.39 Å². The lowest BCUT2D eigenvalue weighted by Crippen LogP contribution is -1.91. The molecule has 1 aromatic carbocycles. The zero-order chi connectivity index (χ0) is 9.26. The molecule has 0 atom stereocenters. The molecule has 68 valence electrons. The van der Waals surface area contributed by atoms with Crippen molar-refractivity contribution in [2.75, 3.05) is 6.61 Å². The summed E-state index contributed by atoms with van der Waals surface area (Å²) in [6.07, 6.45) is 1.98. The van der Waals surface area contributed by atoms with E-state index in [9.17, 15) is 4.39 Å². The number of fused-ring (bicyclic) bond motifs is 1. The second-order valence-electron chi connectivity index (χ2n) is 2.84. The normalized spacial score (nSPS) is 10.9. The molecule has 1 aromatic heterocycles. The van der Waals surface area contributed by atoms with E-state index in [0.29, 0.717) is 6.42 Å². The molecule has 0 bridgehead atoms. The maximum atomic E-state index is 13.1. The van der Waals surface area contributed by atoms with Crippen molar-refractivity contribution in [3.05, 3.63) is 35.8 Å². The van der Waals surface area contributed by atoms with E-state index in [4.69, 9.17) is 9.52 Å². The topological polar surface area (TPSA) is 33.4 Å². The Morgan fingerprint density at radius 2 is 2.15 bits per heavy atom. The average Bonchev–Trinajstić information content (AvgIpc) is 2.59. The number of rotatable bonds is 2. The van der Waals surface area contributed by atoms with E-state index in [-0.39, 0.29) is 18.0 Å². The number of halogens is 1. The van der Waals surface area contributed by atoms with Gasteiger partial charge in [0.05, 0.1) is 6.26 Å². The number of aliphatic hydroxyl groups is 1. The predicted octanol–water partition coefficient (Wildman–Crippen LogP) is 2.11. The zero-order valence-electron chi connectivity index (χ0n) is 6.96. The zero-order valence-corrected chi connectivity index (χ0v) is 6.96. The third kappa shape index (κ3) is 1.31. The first-order chi connectivity index (χ1) is 6.33. The molecule has 0 unspecified atom stereocenters. The van der Waals surface area contributed by atoms with E-state index >= 15 is 0 Å². The van der Waals surface area contributed by atoms with E-state index < -0.39 is 0 Å². The number of hydrogen-bond acceptors (Lipinski definition) is 2. The Kier molecular flexibility index (Phi) is 2.02. The molecule has 0 fully saturated rings. The Labute approximate surface area is 74.6 Å². The van der Waals surface area contributed by atoms with Crippen molar-refractivity contribution in [2.24, 2.45) is 0 Å². The number of aliphatic hydroxyl groups excluding tert-OH is 1. The Morgan fingerprint density at radius 1 is 1.31 bits per heavy atom. The van der Waals surface area contributed by atoms with Crippen molar-refractivity contribution in [2.45, 2.75) is 6.42 Å². The van der Waals surface area contributed by atoms with Crippen LogP contribution in [0.5, 0.6) is 0 Å². The first kappa shape index (κ1) is 8.26. The maximum Gasteiger partial charge on any atom is 0.169 e. The summed E-state index contributed by atoms with van der Waals surface area (Å²) in [4.78, 5) is 0. The first-order valence-electron chi connectivity index (χ1n) is 4.08. The minimum Gasteiger partial charge on any atom is -0.461 e. The summed E-state index contributed by atoms with van der Waals surface area (Å²) < 4.78 is 18.1. The Bertz CT molecular complexity index is 420. The molecule has 0 aliphatic carbocycles. The molecule has 0 saturated carbocycles. The molecule has 0 aliphatic rings. The van der Waals surface area contributed by atoms with Crippen LogP contribution in [0.3, 0.4) is 0 Å². The van der Waals surface area contributed by atoms with Crippen molar-refractivity contribution < 1.29 is 13.9 Å². The van der Waals surface area contributed by atoms with E-state index in [2.05, 4.69) is 0 Å². The summed E-state index contributed by atoms with van der Waals surface area (Å²) in [5.74, 6) is -0.360. The van der Waals surface area contributed by atoms with Crippen LogP contribution in [-0.4, -0.2) is 11.7 Å². The minimum atomic E-state index is -0.360. The molecule has 2 rings (SSSR count). The van der Waals surface area contributed by atoms with Crippen LogP contribution < -0.4 is 0 Å². The smallest absolute Gasteiger partial charge is 0.169 e. The van der Waals surface area contributed by atoms with Gasteiger partial charge in [0, 0.05) is 12.0 Å². The molecule has 0 aliphatic heterocycles. The van der Waals surface area contributed by atoms with Gasteiger partial charge in [0.25, 0.3) is 0 Å². The number of furan rings is 1. The molecule has 1 heterocycles. The second kappa shape index (κ2) is 3.18. The SMILES string of the molecule is OCCc1ccc(F)c2occc12. The van der Waals surface area contributed by atoms with Gasteiger partial charge >= 0.3 is 0 Å². The van der Waals surface area contributed by atoms with Gasteiger partial charge in [-0.3, -0.25) is 0 Å². The lowest BCUT2D eigenvalue weighted by atomic mass is 10.1. The lowest BCUT2D eigenvalue weighted by molar-refractivity contribution is 0.300. The summed E-state index contributed by atoms with van der Waals surface area (Å²) in [5.41, 5.74) is 1.18. The van der Waals surface area contributed by atoms with Crippen LogP contribution in [0.25, 0.3) is 11.0 Å². The Balaban J connectivity index is 2.64. The monoisotopic (exact) mass is 180 g/mol. The highest BCUT2D eigenvalue weighted by Gasteiger charge is 2.07. The molecule has 0 radical (unpaired) electrons. The number of hydrogen-bond donors (Lipinski definition) is 1. The van der Waals surface area contributed by atoms with Crippen LogP contribution in [0.15, 0.2) is 28.9 Å². The van der Waals surface area contributed by atoms with E-state index in [0.717, 1.165) is 10.9 Å². The molecule has 2 aromatic rings. The highest BCUT2D eigenvalue weighted by molar-refractivity contribution is 5.81. The molecule has 13 heavy (non-hydrogen) atoms. The standard InChI is InChI=1S/C10H9FO2/c11-9-2-1-7(3-5-12)8-4-6-13-10(8)9/h1-2,4,6,12H,3,5H2. The Hall–Kier alpha value is -1.35. The van der Waals surface area contributed by atoms with Gasteiger partial charge in [-0.15, -0.1) is 0 Å². The van der Waals surface area contributed by atoms with Gasteiger partial charge in [0.15, 0.2) is 11.4 Å². The van der Waals surface area contributed by atoms with E-state index in [1.165, 1.54) is 12.3 Å². The third-order valence-electron chi connectivity index (χ3n) is 2.04. The molecule has 2 nitrogen and oxygen atoms in total. The fourth-order valence-corrected chi connectivity index (χ4v) is 1.42. The van der Waals surface area contributed by atoms with Crippen LogP contribution >= 0.6 is 0 Å². The molecule has 3 heteroatoms. The predicted molar refractivity (Wildman–Crippen MR) is 47.0 cm³/mol. The van der Waals surface area contributed by atoms with Crippen LogP contribution in [0.1, 0.15) is 5.56 Å². The third-order valence-corrected chi connectivity index (χ3v) is 2.04. The molecular weight excluding hydrogens is 171 g/mol. The van der Waals surface area contributed by atoms with Crippen molar-refractivity contribution >= 4 is 11.0 Å². The largest absolute Gasteiger partial charge is 0.461 e. The van der Waals surface area contributed by atoms with Crippen molar-refractivity contribution in [1.29, 1.82) is 0 Å². The first-order valence-corrected chi connectivity index (χ1v) is 4.08. The van der Waals surface area contributed by atoms with Gasteiger partial charge in [0.1, 0.15) is 0 Å². The van der Waals surface area contributed by atoms with Gasteiger partial charge in [-0.2, -0.15) is 0 Å². The lowest BCUT2D eigenvalue weighted by Gasteiger charge is -1.99.